The number of rotatable bonds is 4. The molecule has 0 saturated heterocycles. The number of aromatic nitrogens is 1. The molecule has 2 aromatic rings. The Bertz CT molecular complexity index is 746. The predicted molar refractivity (Wildman–Crippen MR) is 81.5 cm³/mol. The third-order valence-corrected chi connectivity index (χ3v) is 5.13. The maximum Gasteiger partial charge on any atom is 0.238 e. The van der Waals surface area contributed by atoms with Gasteiger partial charge in [-0.15, -0.1) is 11.3 Å². The molecular formula is C10H7Cl3N2O3S2. The summed E-state index contributed by atoms with van der Waals surface area (Å²) in [6.07, 6.45) is 1.22. The van der Waals surface area contributed by atoms with Gasteiger partial charge in [0.15, 0.2) is 11.6 Å². The number of nitrogens with one attached hydrogen (secondary N) is 1. The fraction of sp³-hybridized carbons (Fsp3) is 0.100. The minimum Gasteiger partial charge on any atom is -0.504 e. The van der Waals surface area contributed by atoms with Crippen molar-refractivity contribution in [1.29, 1.82) is 0 Å². The summed E-state index contributed by atoms with van der Waals surface area (Å²) in [4.78, 5) is 3.70. The average molecular weight is 374 g/mol. The van der Waals surface area contributed by atoms with Gasteiger partial charge < -0.3 is 5.11 Å². The van der Waals surface area contributed by atoms with Gasteiger partial charge in [0.25, 0.3) is 0 Å². The van der Waals surface area contributed by atoms with Crippen molar-refractivity contribution in [2.45, 2.75) is 5.75 Å². The molecule has 108 valence electrons. The van der Waals surface area contributed by atoms with Crippen LogP contribution in [0.15, 0.2) is 18.3 Å². The number of pyridine rings is 1. The summed E-state index contributed by atoms with van der Waals surface area (Å²) in [6.45, 7) is 0. The Labute approximate surface area is 134 Å². The molecule has 2 N–H and O–H groups in total. The second-order valence-corrected chi connectivity index (χ2v) is 8.18. The molecule has 2 heterocycles. The van der Waals surface area contributed by atoms with E-state index in [4.69, 9.17) is 34.8 Å². The molecule has 0 amide bonds. The first-order valence-corrected chi connectivity index (χ1v) is 8.66. The standard InChI is InChI=1S/C10H7Cl3N2O3S2/c11-6-2-7(16)10(14-3-6)15-20(17,18)4-5-1-8(12)19-9(5)13/h1-3,16H,4H2,(H,14,15). The van der Waals surface area contributed by atoms with Crippen molar-refractivity contribution in [1.82, 2.24) is 4.98 Å². The molecule has 0 aliphatic heterocycles. The van der Waals surface area contributed by atoms with E-state index in [-0.39, 0.29) is 22.3 Å². The van der Waals surface area contributed by atoms with E-state index in [0.717, 1.165) is 11.3 Å². The largest absolute Gasteiger partial charge is 0.504 e. The maximum atomic E-state index is 12.0. The lowest BCUT2D eigenvalue weighted by Gasteiger charge is -2.08. The zero-order chi connectivity index (χ0) is 14.9. The smallest absolute Gasteiger partial charge is 0.238 e. The van der Waals surface area contributed by atoms with E-state index in [0.29, 0.717) is 14.2 Å². The lowest BCUT2D eigenvalue weighted by molar-refractivity contribution is 0.475. The van der Waals surface area contributed by atoms with Crippen LogP contribution in [0.4, 0.5) is 5.82 Å². The van der Waals surface area contributed by atoms with E-state index in [2.05, 4.69) is 9.71 Å². The molecule has 0 fully saturated rings. The Morgan fingerprint density at radius 2 is 2.00 bits per heavy atom. The summed E-state index contributed by atoms with van der Waals surface area (Å²) in [6, 6.07) is 2.66. The molecule has 0 spiro atoms. The minimum atomic E-state index is -3.78. The summed E-state index contributed by atoms with van der Waals surface area (Å²) in [5.41, 5.74) is 0.377. The molecular weight excluding hydrogens is 367 g/mol. The van der Waals surface area contributed by atoms with Gasteiger partial charge in [-0.1, -0.05) is 34.8 Å². The summed E-state index contributed by atoms with van der Waals surface area (Å²) < 4.78 is 26.8. The quantitative estimate of drug-likeness (QED) is 0.855. The van der Waals surface area contributed by atoms with Crippen LogP contribution in [0.5, 0.6) is 5.75 Å². The van der Waals surface area contributed by atoms with Crippen molar-refractivity contribution >= 4 is 62.0 Å². The minimum absolute atomic E-state index is 0.193. The summed E-state index contributed by atoms with van der Waals surface area (Å²) >= 11 is 18.3. The highest BCUT2D eigenvalue weighted by Crippen LogP contribution is 2.33. The zero-order valence-electron chi connectivity index (χ0n) is 9.60. The first-order chi connectivity index (χ1) is 9.27. The number of halogens is 3. The van der Waals surface area contributed by atoms with Gasteiger partial charge in [-0.3, -0.25) is 4.72 Å². The van der Waals surface area contributed by atoms with Crippen LogP contribution in [-0.2, 0) is 15.8 Å². The van der Waals surface area contributed by atoms with Gasteiger partial charge in [-0.25, -0.2) is 13.4 Å². The fourth-order valence-corrected chi connectivity index (χ4v) is 4.34. The van der Waals surface area contributed by atoms with Crippen LogP contribution < -0.4 is 4.72 Å². The van der Waals surface area contributed by atoms with Crippen LogP contribution in [0.3, 0.4) is 0 Å². The highest BCUT2D eigenvalue weighted by Gasteiger charge is 2.18. The molecule has 0 atom stereocenters. The Morgan fingerprint density at radius 1 is 1.30 bits per heavy atom. The fourth-order valence-electron chi connectivity index (χ4n) is 1.37. The van der Waals surface area contributed by atoms with Crippen LogP contribution in [0.1, 0.15) is 5.56 Å². The van der Waals surface area contributed by atoms with E-state index in [9.17, 15) is 13.5 Å². The van der Waals surface area contributed by atoms with E-state index < -0.39 is 10.0 Å². The van der Waals surface area contributed by atoms with Gasteiger partial charge in [0.05, 0.1) is 19.4 Å². The monoisotopic (exact) mass is 372 g/mol. The lowest BCUT2D eigenvalue weighted by Crippen LogP contribution is -2.15. The van der Waals surface area contributed by atoms with E-state index in [1.807, 2.05) is 0 Å². The van der Waals surface area contributed by atoms with Gasteiger partial charge in [0, 0.05) is 17.8 Å². The average Bonchev–Trinajstić information content (AvgIpc) is 2.60. The molecule has 0 bridgehead atoms. The van der Waals surface area contributed by atoms with Crippen LogP contribution >= 0.6 is 46.1 Å². The van der Waals surface area contributed by atoms with Crippen molar-refractivity contribution in [2.75, 3.05) is 4.72 Å². The van der Waals surface area contributed by atoms with Crippen LogP contribution in [0, 0.1) is 0 Å². The molecule has 0 saturated carbocycles. The third-order valence-electron chi connectivity index (χ3n) is 2.16. The van der Waals surface area contributed by atoms with Crippen molar-refractivity contribution < 1.29 is 13.5 Å². The molecule has 2 rings (SSSR count). The molecule has 0 unspecified atom stereocenters. The SMILES string of the molecule is O=S(=O)(Cc1cc(Cl)sc1Cl)Nc1ncc(Cl)cc1O. The van der Waals surface area contributed by atoms with E-state index in [1.165, 1.54) is 18.3 Å². The van der Waals surface area contributed by atoms with Crippen molar-refractivity contribution in [3.63, 3.8) is 0 Å². The lowest BCUT2D eigenvalue weighted by atomic mass is 10.4. The Morgan fingerprint density at radius 3 is 2.55 bits per heavy atom. The van der Waals surface area contributed by atoms with E-state index >= 15 is 0 Å². The summed E-state index contributed by atoms with van der Waals surface area (Å²) in [5, 5.41) is 9.75. The number of sulfonamides is 1. The van der Waals surface area contributed by atoms with Crippen LogP contribution in [0.2, 0.25) is 13.7 Å². The zero-order valence-corrected chi connectivity index (χ0v) is 13.5. The first-order valence-electron chi connectivity index (χ1n) is 5.05. The Hall–Kier alpha value is -0.730. The number of aromatic hydroxyl groups is 1. The van der Waals surface area contributed by atoms with Gasteiger partial charge in [0.2, 0.25) is 10.0 Å². The second-order valence-electron chi connectivity index (χ2n) is 3.73. The first kappa shape index (κ1) is 15.7. The number of hydrogen-bond acceptors (Lipinski definition) is 5. The molecule has 10 heteroatoms. The summed E-state index contributed by atoms with van der Waals surface area (Å²) in [7, 11) is -3.78. The molecule has 20 heavy (non-hydrogen) atoms. The van der Waals surface area contributed by atoms with Crippen molar-refractivity contribution in [3.05, 3.63) is 37.6 Å². The highest BCUT2D eigenvalue weighted by atomic mass is 35.5. The molecule has 0 aliphatic rings. The highest BCUT2D eigenvalue weighted by molar-refractivity contribution is 7.91. The van der Waals surface area contributed by atoms with Crippen LogP contribution in [-0.4, -0.2) is 18.5 Å². The topological polar surface area (TPSA) is 79.3 Å². The van der Waals surface area contributed by atoms with Gasteiger partial charge in [0.1, 0.15) is 0 Å². The number of nitrogens with zero attached hydrogens (tertiary/aromatic N) is 1. The van der Waals surface area contributed by atoms with Crippen LogP contribution in [0.25, 0.3) is 0 Å². The molecule has 2 aromatic heterocycles. The number of hydrogen-bond donors (Lipinski definition) is 2. The third kappa shape index (κ3) is 3.89. The normalized spacial score (nSPS) is 11.6. The summed E-state index contributed by atoms with van der Waals surface area (Å²) in [5.74, 6) is -0.943. The number of thiophene rings is 1. The predicted octanol–water partition coefficient (Wildman–Crippen LogP) is 3.75. The molecule has 5 nitrogen and oxygen atoms in total. The molecule has 0 aromatic carbocycles. The van der Waals surface area contributed by atoms with Gasteiger partial charge in [-0.05, 0) is 6.07 Å². The van der Waals surface area contributed by atoms with E-state index in [1.54, 1.807) is 0 Å². The number of anilines is 1. The van der Waals surface area contributed by atoms with Gasteiger partial charge >= 0.3 is 0 Å². The molecule has 0 radical (unpaired) electrons. The second kappa shape index (κ2) is 5.95. The molecule has 0 aliphatic carbocycles. The Balaban J connectivity index is 2.21. The van der Waals surface area contributed by atoms with Crippen molar-refractivity contribution in [3.8, 4) is 5.75 Å². The Kier molecular flexibility index (Phi) is 4.66. The maximum absolute atomic E-state index is 12.0. The van der Waals surface area contributed by atoms with Crippen molar-refractivity contribution in [2.24, 2.45) is 0 Å². The van der Waals surface area contributed by atoms with Gasteiger partial charge in [-0.2, -0.15) is 0 Å².